The molecule has 2 aromatic rings. The molecule has 0 bridgehead atoms. The number of ketones is 1. The summed E-state index contributed by atoms with van der Waals surface area (Å²) in [7, 11) is 0. The molecule has 0 radical (unpaired) electrons. The molecule has 1 aromatic carbocycles. The molecule has 1 heterocycles. The third-order valence-corrected chi connectivity index (χ3v) is 5.20. The van der Waals surface area contributed by atoms with Crippen LogP contribution in [0.4, 0.5) is 5.69 Å². The monoisotopic (exact) mass is 336 g/mol. The van der Waals surface area contributed by atoms with Gasteiger partial charge in [0, 0.05) is 39.7 Å². The van der Waals surface area contributed by atoms with Gasteiger partial charge in [-0.2, -0.15) is 0 Å². The minimum atomic E-state index is 0.261. The van der Waals surface area contributed by atoms with E-state index in [1.54, 1.807) is 12.1 Å². The number of aromatic nitrogens is 1. The lowest BCUT2D eigenvalue weighted by Gasteiger charge is -2.20. The van der Waals surface area contributed by atoms with Gasteiger partial charge in [-0.05, 0) is 43.5 Å². The van der Waals surface area contributed by atoms with Crippen LogP contribution in [0.25, 0.3) is 16.1 Å². The van der Waals surface area contributed by atoms with Gasteiger partial charge >= 0.3 is 0 Å². The van der Waals surface area contributed by atoms with E-state index in [4.69, 9.17) is 5.53 Å². The number of hydrogen-bond donors (Lipinski definition) is 0. The maximum atomic E-state index is 12.8. The largest absolute Gasteiger partial charge is 0.318 e. The fourth-order valence-electron chi connectivity index (χ4n) is 3.93. The van der Waals surface area contributed by atoms with Crippen LogP contribution in [0, 0.1) is 19.8 Å². The Morgan fingerprint density at radius 1 is 1.20 bits per heavy atom. The molecule has 25 heavy (non-hydrogen) atoms. The zero-order valence-electron chi connectivity index (χ0n) is 14.9. The standard InChI is InChI=1S/C20H24N4O/c1-14-12-19(20(25)13-16-6-4-3-5-7-16)15(2)24(14)18-10-8-17(9-11-18)22-23-21/h8-12,16H,3-7,13H2,1-2H3. The number of aryl methyl sites for hydroxylation is 1. The maximum Gasteiger partial charge on any atom is 0.164 e. The van der Waals surface area contributed by atoms with E-state index in [1.165, 1.54) is 32.1 Å². The molecule has 0 spiro atoms. The van der Waals surface area contributed by atoms with Crippen molar-refractivity contribution in [2.75, 3.05) is 0 Å². The van der Waals surface area contributed by atoms with Crippen molar-refractivity contribution >= 4 is 11.5 Å². The summed E-state index contributed by atoms with van der Waals surface area (Å²) < 4.78 is 2.09. The number of Topliss-reactive ketones (excluding diaryl/α,β-unsaturated/α-hetero) is 1. The van der Waals surface area contributed by atoms with E-state index >= 15 is 0 Å². The predicted octanol–water partition coefficient (Wildman–Crippen LogP) is 6.19. The second-order valence-corrected chi connectivity index (χ2v) is 6.96. The molecule has 1 aliphatic carbocycles. The molecular formula is C20H24N4O. The van der Waals surface area contributed by atoms with Gasteiger partial charge in [0.15, 0.2) is 5.78 Å². The predicted molar refractivity (Wildman–Crippen MR) is 99.6 cm³/mol. The average molecular weight is 336 g/mol. The summed E-state index contributed by atoms with van der Waals surface area (Å²) in [5, 5.41) is 3.60. The highest BCUT2D eigenvalue weighted by Gasteiger charge is 2.21. The van der Waals surface area contributed by atoms with E-state index < -0.39 is 0 Å². The zero-order chi connectivity index (χ0) is 17.8. The van der Waals surface area contributed by atoms with Crippen LogP contribution in [0.2, 0.25) is 0 Å². The number of hydrogen-bond acceptors (Lipinski definition) is 2. The van der Waals surface area contributed by atoms with Crippen molar-refractivity contribution in [2.45, 2.75) is 52.4 Å². The fourth-order valence-corrected chi connectivity index (χ4v) is 3.93. The van der Waals surface area contributed by atoms with Gasteiger partial charge in [0.05, 0.1) is 0 Å². The normalized spacial score (nSPS) is 15.0. The van der Waals surface area contributed by atoms with Crippen molar-refractivity contribution in [3.8, 4) is 5.69 Å². The highest BCUT2D eigenvalue weighted by atomic mass is 16.1. The van der Waals surface area contributed by atoms with Crippen molar-refractivity contribution in [1.29, 1.82) is 0 Å². The van der Waals surface area contributed by atoms with Gasteiger partial charge in [-0.1, -0.05) is 49.4 Å². The summed E-state index contributed by atoms with van der Waals surface area (Å²) in [4.78, 5) is 15.6. The first-order valence-electron chi connectivity index (χ1n) is 8.98. The second-order valence-electron chi connectivity index (χ2n) is 6.96. The molecule has 1 aliphatic rings. The first kappa shape index (κ1) is 17.3. The molecular weight excluding hydrogens is 312 g/mol. The number of rotatable bonds is 5. The van der Waals surface area contributed by atoms with E-state index in [-0.39, 0.29) is 5.78 Å². The Bertz CT molecular complexity index is 807. The minimum Gasteiger partial charge on any atom is -0.318 e. The Labute approximate surface area is 148 Å². The smallest absolute Gasteiger partial charge is 0.164 e. The summed E-state index contributed by atoms with van der Waals surface area (Å²) in [5.41, 5.74) is 12.9. The summed E-state index contributed by atoms with van der Waals surface area (Å²) in [6.07, 6.45) is 6.87. The van der Waals surface area contributed by atoms with Gasteiger partial charge in [-0.15, -0.1) is 0 Å². The summed E-state index contributed by atoms with van der Waals surface area (Å²) in [5.74, 6) is 0.810. The third-order valence-electron chi connectivity index (χ3n) is 5.20. The van der Waals surface area contributed by atoms with Crippen LogP contribution in [-0.4, -0.2) is 10.4 Å². The first-order chi connectivity index (χ1) is 12.1. The van der Waals surface area contributed by atoms with Crippen LogP contribution in [-0.2, 0) is 0 Å². The first-order valence-corrected chi connectivity index (χ1v) is 8.98. The Hall–Kier alpha value is -2.52. The van der Waals surface area contributed by atoms with Gasteiger partial charge in [-0.3, -0.25) is 4.79 Å². The lowest BCUT2D eigenvalue weighted by molar-refractivity contribution is 0.0949. The molecule has 0 N–H and O–H groups in total. The number of carbonyl (C=O) groups is 1. The molecule has 1 aromatic heterocycles. The molecule has 0 aliphatic heterocycles. The quantitative estimate of drug-likeness (QED) is 0.278. The van der Waals surface area contributed by atoms with Crippen LogP contribution in [0.15, 0.2) is 35.4 Å². The van der Waals surface area contributed by atoms with Gasteiger partial charge in [0.2, 0.25) is 0 Å². The second kappa shape index (κ2) is 7.58. The van der Waals surface area contributed by atoms with Gasteiger partial charge in [0.1, 0.15) is 0 Å². The molecule has 0 atom stereocenters. The molecule has 0 amide bonds. The SMILES string of the molecule is Cc1cc(C(=O)CC2CCCCC2)c(C)n1-c1ccc(N=[N+]=[N-])cc1. The molecule has 5 heteroatoms. The number of carbonyl (C=O) groups excluding carboxylic acids is 1. The van der Waals surface area contributed by atoms with Crippen molar-refractivity contribution in [3.63, 3.8) is 0 Å². The van der Waals surface area contributed by atoms with E-state index in [2.05, 4.69) is 14.6 Å². The summed E-state index contributed by atoms with van der Waals surface area (Å²) >= 11 is 0. The molecule has 5 nitrogen and oxygen atoms in total. The van der Waals surface area contributed by atoms with E-state index in [0.29, 0.717) is 18.0 Å². The van der Waals surface area contributed by atoms with Crippen molar-refractivity contribution in [3.05, 3.63) is 57.7 Å². The molecule has 130 valence electrons. The molecule has 1 fully saturated rings. The van der Waals surface area contributed by atoms with Gasteiger partial charge in [-0.25, -0.2) is 0 Å². The fraction of sp³-hybridized carbons (Fsp3) is 0.450. The van der Waals surface area contributed by atoms with Crippen LogP contribution < -0.4 is 0 Å². The van der Waals surface area contributed by atoms with Crippen LogP contribution >= 0.6 is 0 Å². The number of azide groups is 1. The Kier molecular flexibility index (Phi) is 5.25. The Morgan fingerprint density at radius 2 is 1.88 bits per heavy atom. The molecule has 0 unspecified atom stereocenters. The lowest BCUT2D eigenvalue weighted by Crippen LogP contribution is -2.13. The average Bonchev–Trinajstić information content (AvgIpc) is 2.92. The van der Waals surface area contributed by atoms with Gasteiger partial charge < -0.3 is 4.57 Å². The minimum absolute atomic E-state index is 0.261. The maximum absolute atomic E-state index is 12.8. The van der Waals surface area contributed by atoms with E-state index in [1.807, 2.05) is 32.0 Å². The van der Waals surface area contributed by atoms with Gasteiger partial charge in [0.25, 0.3) is 0 Å². The Morgan fingerprint density at radius 3 is 2.52 bits per heavy atom. The highest BCUT2D eigenvalue weighted by molar-refractivity contribution is 5.97. The van der Waals surface area contributed by atoms with E-state index in [9.17, 15) is 4.79 Å². The van der Waals surface area contributed by atoms with Crippen LogP contribution in [0.1, 0.15) is 60.3 Å². The number of nitrogens with zero attached hydrogens (tertiary/aromatic N) is 4. The third kappa shape index (κ3) is 3.77. The molecule has 0 saturated heterocycles. The molecule has 1 saturated carbocycles. The van der Waals surface area contributed by atoms with Crippen molar-refractivity contribution < 1.29 is 4.79 Å². The molecule has 3 rings (SSSR count). The van der Waals surface area contributed by atoms with Crippen LogP contribution in [0.5, 0.6) is 0 Å². The topological polar surface area (TPSA) is 70.8 Å². The van der Waals surface area contributed by atoms with Crippen molar-refractivity contribution in [2.24, 2.45) is 11.0 Å². The Balaban J connectivity index is 1.84. The summed E-state index contributed by atoms with van der Waals surface area (Å²) in [6.45, 7) is 4.02. The highest BCUT2D eigenvalue weighted by Crippen LogP contribution is 2.29. The van der Waals surface area contributed by atoms with Crippen LogP contribution in [0.3, 0.4) is 0 Å². The van der Waals surface area contributed by atoms with Crippen molar-refractivity contribution in [1.82, 2.24) is 4.57 Å². The number of benzene rings is 1. The lowest BCUT2D eigenvalue weighted by atomic mass is 9.85. The van der Waals surface area contributed by atoms with E-state index in [0.717, 1.165) is 22.6 Å². The zero-order valence-corrected chi connectivity index (χ0v) is 14.9. The summed E-state index contributed by atoms with van der Waals surface area (Å²) in [6, 6.07) is 9.41.